The number of hydrogen-bond acceptors (Lipinski definition) is 1. The summed E-state index contributed by atoms with van der Waals surface area (Å²) in [6.07, 6.45) is 1.63. The Morgan fingerprint density at radius 3 is 2.35 bits per heavy atom. The molecule has 1 heterocycles. The van der Waals surface area contributed by atoms with Crippen molar-refractivity contribution in [2.75, 3.05) is 0 Å². The van der Waals surface area contributed by atoms with E-state index in [1.165, 1.54) is 18.2 Å². The summed E-state index contributed by atoms with van der Waals surface area (Å²) < 4.78 is 27.0. The van der Waals surface area contributed by atoms with Crippen LogP contribution in [0.3, 0.4) is 0 Å². The minimum atomic E-state index is -0.657. The molecule has 0 aliphatic heterocycles. The lowest BCUT2D eigenvalue weighted by molar-refractivity contribution is 0.577. The molecule has 3 aromatic rings. The van der Waals surface area contributed by atoms with Crippen molar-refractivity contribution >= 4 is 10.9 Å². The minimum Gasteiger partial charge on any atom is -0.256 e. The predicted octanol–water partition coefficient (Wildman–Crippen LogP) is 3.91. The van der Waals surface area contributed by atoms with Crippen LogP contribution in [0.4, 0.5) is 8.78 Å². The van der Waals surface area contributed by atoms with Gasteiger partial charge in [0.1, 0.15) is 11.6 Å². The molecule has 0 fully saturated rings. The highest BCUT2D eigenvalue weighted by molar-refractivity contribution is 5.84. The van der Waals surface area contributed by atoms with Crippen LogP contribution in [0.15, 0.2) is 54.7 Å². The summed E-state index contributed by atoms with van der Waals surface area (Å²) in [6, 6.07) is 12.9. The molecule has 2 aromatic carbocycles. The molecule has 0 atom stereocenters. The van der Waals surface area contributed by atoms with Crippen molar-refractivity contribution in [3.63, 3.8) is 0 Å². The first kappa shape index (κ1) is 12.3. The van der Waals surface area contributed by atoms with E-state index in [4.69, 9.17) is 0 Å². The first-order chi connectivity index (χ1) is 9.75. The van der Waals surface area contributed by atoms with Crippen LogP contribution in [-0.2, 0) is 0 Å². The lowest BCUT2D eigenvalue weighted by Crippen LogP contribution is -1.89. The highest BCUT2D eigenvalue weighted by Gasteiger charge is 2.05. The van der Waals surface area contributed by atoms with Gasteiger partial charge in [0.15, 0.2) is 0 Å². The molecular weight excluding hydrogens is 256 g/mol. The van der Waals surface area contributed by atoms with E-state index in [1.807, 2.05) is 24.3 Å². The van der Waals surface area contributed by atoms with E-state index in [0.717, 1.165) is 10.9 Å². The van der Waals surface area contributed by atoms with E-state index in [2.05, 4.69) is 16.8 Å². The van der Waals surface area contributed by atoms with Crippen molar-refractivity contribution in [3.8, 4) is 11.8 Å². The molecule has 0 aliphatic carbocycles. The number of nitrogens with zero attached hydrogens (tertiary/aromatic N) is 1. The molecule has 0 bridgehead atoms. The third kappa shape index (κ3) is 2.24. The number of aromatic nitrogens is 1. The molecule has 0 saturated carbocycles. The third-order valence-corrected chi connectivity index (χ3v) is 2.93. The van der Waals surface area contributed by atoms with Gasteiger partial charge >= 0.3 is 0 Å². The van der Waals surface area contributed by atoms with Gasteiger partial charge in [0.2, 0.25) is 0 Å². The zero-order valence-electron chi connectivity index (χ0n) is 10.4. The number of para-hydroxylation sites is 1. The summed E-state index contributed by atoms with van der Waals surface area (Å²) in [7, 11) is 0. The van der Waals surface area contributed by atoms with Crippen molar-refractivity contribution in [2.45, 2.75) is 0 Å². The Labute approximate surface area is 114 Å². The topological polar surface area (TPSA) is 12.9 Å². The van der Waals surface area contributed by atoms with Gasteiger partial charge in [0, 0.05) is 17.1 Å². The second-order valence-electron chi connectivity index (χ2n) is 4.22. The summed E-state index contributed by atoms with van der Waals surface area (Å²) in [6.45, 7) is 0. The fraction of sp³-hybridized carbons (Fsp3) is 0. The van der Waals surface area contributed by atoms with Crippen LogP contribution >= 0.6 is 0 Å². The second-order valence-corrected chi connectivity index (χ2v) is 4.22. The average Bonchev–Trinajstić information content (AvgIpc) is 2.47. The molecule has 3 heteroatoms. The zero-order valence-corrected chi connectivity index (χ0v) is 10.4. The Morgan fingerprint density at radius 1 is 0.800 bits per heavy atom. The summed E-state index contributed by atoms with van der Waals surface area (Å²) in [5.74, 6) is 4.06. The van der Waals surface area contributed by atoms with Gasteiger partial charge in [-0.25, -0.2) is 8.78 Å². The van der Waals surface area contributed by atoms with Crippen molar-refractivity contribution in [1.82, 2.24) is 4.98 Å². The molecule has 0 saturated heterocycles. The lowest BCUT2D eigenvalue weighted by atomic mass is 10.1. The molecule has 3 rings (SSSR count). The Bertz CT molecular complexity index is 819. The van der Waals surface area contributed by atoms with Gasteiger partial charge in [-0.05, 0) is 24.3 Å². The standard InChI is InChI=1S/C17H9F2N/c18-15-5-3-6-16(19)14(15)9-8-12-10-11-20-17-7-2-1-4-13(12)17/h1-7,10-11H. The first-order valence-corrected chi connectivity index (χ1v) is 6.05. The number of benzene rings is 2. The molecule has 1 aromatic heterocycles. The number of pyridine rings is 1. The Kier molecular flexibility index (Phi) is 3.14. The normalized spacial score (nSPS) is 10.1. The predicted molar refractivity (Wildman–Crippen MR) is 74.1 cm³/mol. The zero-order chi connectivity index (χ0) is 13.9. The van der Waals surface area contributed by atoms with Crippen LogP contribution in [-0.4, -0.2) is 4.98 Å². The first-order valence-electron chi connectivity index (χ1n) is 6.05. The van der Waals surface area contributed by atoms with Crippen LogP contribution < -0.4 is 0 Å². The summed E-state index contributed by atoms with van der Waals surface area (Å²) >= 11 is 0. The van der Waals surface area contributed by atoms with Crippen molar-refractivity contribution in [1.29, 1.82) is 0 Å². The van der Waals surface area contributed by atoms with Gasteiger partial charge < -0.3 is 0 Å². The fourth-order valence-corrected chi connectivity index (χ4v) is 1.95. The van der Waals surface area contributed by atoms with Gasteiger partial charge in [-0.3, -0.25) is 4.98 Å². The molecule has 20 heavy (non-hydrogen) atoms. The Hall–Kier alpha value is -2.73. The van der Waals surface area contributed by atoms with E-state index < -0.39 is 11.6 Å². The van der Waals surface area contributed by atoms with Crippen LogP contribution in [0.5, 0.6) is 0 Å². The molecule has 0 N–H and O–H groups in total. The SMILES string of the molecule is Fc1cccc(F)c1C#Cc1ccnc2ccccc12. The lowest BCUT2D eigenvalue weighted by Gasteiger charge is -1.99. The fourth-order valence-electron chi connectivity index (χ4n) is 1.95. The minimum absolute atomic E-state index is 0.214. The van der Waals surface area contributed by atoms with E-state index in [9.17, 15) is 8.78 Å². The monoisotopic (exact) mass is 265 g/mol. The molecule has 0 spiro atoms. The number of halogens is 2. The van der Waals surface area contributed by atoms with Crippen LogP contribution in [0, 0.1) is 23.5 Å². The summed E-state index contributed by atoms with van der Waals surface area (Å²) in [5.41, 5.74) is 1.28. The van der Waals surface area contributed by atoms with Crippen molar-refractivity contribution in [2.24, 2.45) is 0 Å². The largest absolute Gasteiger partial charge is 0.256 e. The quantitative estimate of drug-likeness (QED) is 0.561. The molecule has 0 amide bonds. The second kappa shape index (κ2) is 5.10. The van der Waals surface area contributed by atoms with Crippen molar-refractivity contribution in [3.05, 3.63) is 77.5 Å². The average molecular weight is 265 g/mol. The smallest absolute Gasteiger partial charge is 0.141 e. The maximum atomic E-state index is 13.5. The third-order valence-electron chi connectivity index (χ3n) is 2.93. The van der Waals surface area contributed by atoms with Gasteiger partial charge in [-0.15, -0.1) is 0 Å². The molecule has 1 nitrogen and oxygen atoms in total. The summed E-state index contributed by atoms with van der Waals surface area (Å²) in [4.78, 5) is 4.22. The van der Waals surface area contributed by atoms with Gasteiger partial charge in [-0.2, -0.15) is 0 Å². The van der Waals surface area contributed by atoms with E-state index >= 15 is 0 Å². The van der Waals surface area contributed by atoms with Crippen LogP contribution in [0.2, 0.25) is 0 Å². The molecule has 0 aliphatic rings. The van der Waals surface area contributed by atoms with Crippen molar-refractivity contribution < 1.29 is 8.78 Å². The Balaban J connectivity index is 2.14. The van der Waals surface area contributed by atoms with E-state index in [0.29, 0.717) is 5.56 Å². The number of hydrogen-bond donors (Lipinski definition) is 0. The van der Waals surface area contributed by atoms with Crippen LogP contribution in [0.25, 0.3) is 10.9 Å². The Morgan fingerprint density at radius 2 is 1.55 bits per heavy atom. The molecule has 0 unspecified atom stereocenters. The van der Waals surface area contributed by atoms with E-state index in [1.54, 1.807) is 12.3 Å². The highest BCUT2D eigenvalue weighted by Crippen LogP contribution is 2.16. The number of rotatable bonds is 0. The van der Waals surface area contributed by atoms with Gasteiger partial charge in [0.25, 0.3) is 0 Å². The van der Waals surface area contributed by atoms with Gasteiger partial charge in [-0.1, -0.05) is 36.1 Å². The van der Waals surface area contributed by atoms with E-state index in [-0.39, 0.29) is 5.56 Å². The van der Waals surface area contributed by atoms with Gasteiger partial charge in [0.05, 0.1) is 11.1 Å². The van der Waals surface area contributed by atoms with Crippen LogP contribution in [0.1, 0.15) is 11.1 Å². The maximum Gasteiger partial charge on any atom is 0.141 e. The molecular formula is C17H9F2N. The highest BCUT2D eigenvalue weighted by atomic mass is 19.1. The summed E-state index contributed by atoms with van der Waals surface area (Å²) in [5, 5.41) is 0.860. The molecule has 0 radical (unpaired) electrons. The molecule has 96 valence electrons. The number of fused-ring (bicyclic) bond motifs is 1. The maximum absolute atomic E-state index is 13.5.